The minimum absolute atomic E-state index is 0.365. The number of hydrogen-bond acceptors (Lipinski definition) is 2. The molecule has 1 aliphatic rings. The van der Waals surface area contributed by atoms with Crippen molar-refractivity contribution in [2.45, 2.75) is 6.42 Å². The van der Waals surface area contributed by atoms with Gasteiger partial charge in [0.25, 0.3) is 0 Å². The summed E-state index contributed by atoms with van der Waals surface area (Å²) < 4.78 is 0. The number of benzene rings is 2. The highest BCUT2D eigenvalue weighted by Gasteiger charge is 2.18. The van der Waals surface area contributed by atoms with Gasteiger partial charge in [0, 0.05) is 5.56 Å². The van der Waals surface area contributed by atoms with Gasteiger partial charge in [0.05, 0.1) is 0 Å². The van der Waals surface area contributed by atoms with Gasteiger partial charge in [-0.05, 0) is 34.7 Å². The molecule has 2 aromatic rings. The summed E-state index contributed by atoms with van der Waals surface area (Å²) in [6.07, 6.45) is 1.20. The van der Waals surface area contributed by atoms with Crippen molar-refractivity contribution in [1.29, 1.82) is 0 Å². The van der Waals surface area contributed by atoms with Crippen LogP contribution >= 0.6 is 0 Å². The van der Waals surface area contributed by atoms with E-state index in [2.05, 4.69) is 12.1 Å². The van der Waals surface area contributed by atoms with Crippen molar-refractivity contribution in [1.82, 2.24) is 0 Å². The Morgan fingerprint density at radius 3 is 2.59 bits per heavy atom. The average Bonchev–Trinajstić information content (AvgIpc) is 2.75. The van der Waals surface area contributed by atoms with E-state index in [1.807, 2.05) is 24.3 Å². The first kappa shape index (κ1) is 9.97. The van der Waals surface area contributed by atoms with Crippen molar-refractivity contribution < 1.29 is 9.59 Å². The van der Waals surface area contributed by atoms with E-state index in [0.29, 0.717) is 11.8 Å². The van der Waals surface area contributed by atoms with Crippen molar-refractivity contribution in [3.05, 3.63) is 59.2 Å². The van der Waals surface area contributed by atoms with Gasteiger partial charge in [0.1, 0.15) is 0 Å². The van der Waals surface area contributed by atoms with E-state index in [0.717, 1.165) is 12.0 Å². The molecule has 2 nitrogen and oxygen atoms in total. The van der Waals surface area contributed by atoms with Gasteiger partial charge >= 0.3 is 0 Å². The first-order valence-corrected chi connectivity index (χ1v) is 5.50. The summed E-state index contributed by atoms with van der Waals surface area (Å²) in [6.45, 7) is 0. The van der Waals surface area contributed by atoms with Gasteiger partial charge in [0.2, 0.25) is 5.78 Å². The molecule has 0 aromatic heterocycles. The van der Waals surface area contributed by atoms with Crippen molar-refractivity contribution in [2.24, 2.45) is 0 Å². The quantitative estimate of drug-likeness (QED) is 0.379. The average molecular weight is 222 g/mol. The zero-order valence-corrected chi connectivity index (χ0v) is 9.14. The second kappa shape index (κ2) is 3.67. The SMILES string of the molecule is O=CC(=O)c1ccc2c(c1)Cc1ccccc1-2. The molecule has 17 heavy (non-hydrogen) atoms. The number of ketones is 1. The first-order chi connectivity index (χ1) is 8.29. The zero-order chi connectivity index (χ0) is 11.8. The lowest BCUT2D eigenvalue weighted by atomic mass is 10.0. The number of carbonyl (C=O) groups is 2. The molecule has 0 unspecified atom stereocenters. The van der Waals surface area contributed by atoms with Crippen molar-refractivity contribution in [2.75, 3.05) is 0 Å². The maximum Gasteiger partial charge on any atom is 0.225 e. The van der Waals surface area contributed by atoms with Crippen LogP contribution in [0.5, 0.6) is 0 Å². The van der Waals surface area contributed by atoms with Crippen molar-refractivity contribution >= 4 is 12.1 Å². The topological polar surface area (TPSA) is 34.1 Å². The predicted octanol–water partition coefficient (Wildman–Crippen LogP) is 2.64. The van der Waals surface area contributed by atoms with Gasteiger partial charge in [-0.25, -0.2) is 0 Å². The van der Waals surface area contributed by atoms with Crippen LogP contribution in [-0.4, -0.2) is 12.1 Å². The first-order valence-electron chi connectivity index (χ1n) is 5.50. The Kier molecular flexibility index (Phi) is 2.15. The van der Waals surface area contributed by atoms with E-state index in [1.54, 1.807) is 6.07 Å². The number of hydrogen-bond donors (Lipinski definition) is 0. The van der Waals surface area contributed by atoms with Crippen LogP contribution in [0.1, 0.15) is 21.5 Å². The minimum atomic E-state index is -0.455. The molecule has 0 spiro atoms. The van der Waals surface area contributed by atoms with Crippen molar-refractivity contribution in [3.63, 3.8) is 0 Å². The monoisotopic (exact) mass is 222 g/mol. The highest BCUT2D eigenvalue weighted by atomic mass is 16.2. The Hall–Kier alpha value is -2.22. The minimum Gasteiger partial charge on any atom is -0.294 e. The Morgan fingerprint density at radius 2 is 1.76 bits per heavy atom. The van der Waals surface area contributed by atoms with Crippen LogP contribution in [0.15, 0.2) is 42.5 Å². The highest BCUT2D eigenvalue weighted by molar-refractivity contribution is 6.33. The van der Waals surface area contributed by atoms with E-state index in [-0.39, 0.29) is 0 Å². The normalized spacial score (nSPS) is 11.8. The molecule has 0 bridgehead atoms. The van der Waals surface area contributed by atoms with Gasteiger partial charge in [0.15, 0.2) is 6.29 Å². The fourth-order valence-electron chi connectivity index (χ4n) is 2.37. The Labute approximate surface area is 98.9 Å². The summed E-state index contributed by atoms with van der Waals surface area (Å²) in [6, 6.07) is 13.7. The zero-order valence-electron chi connectivity index (χ0n) is 9.14. The summed E-state index contributed by atoms with van der Waals surface area (Å²) in [5, 5.41) is 0. The van der Waals surface area contributed by atoms with Gasteiger partial charge < -0.3 is 0 Å². The number of rotatable bonds is 2. The lowest BCUT2D eigenvalue weighted by molar-refractivity contribution is -0.104. The Balaban J connectivity index is 2.13. The Bertz CT molecular complexity index is 627. The standard InChI is InChI=1S/C15H10O2/c16-9-15(17)11-5-6-14-12(8-11)7-10-3-1-2-4-13(10)14/h1-6,8-9H,7H2. The van der Waals surface area contributed by atoms with Crippen LogP contribution < -0.4 is 0 Å². The molecule has 2 heteroatoms. The summed E-state index contributed by atoms with van der Waals surface area (Å²) in [5.74, 6) is -0.455. The molecule has 3 rings (SSSR count). The van der Waals surface area contributed by atoms with E-state index in [9.17, 15) is 9.59 Å². The number of fused-ring (bicyclic) bond motifs is 3. The Morgan fingerprint density at radius 1 is 1.00 bits per heavy atom. The summed E-state index contributed by atoms with van der Waals surface area (Å²) in [7, 11) is 0. The molecule has 0 N–H and O–H groups in total. The number of aldehydes is 1. The lowest BCUT2D eigenvalue weighted by Crippen LogP contribution is -2.00. The van der Waals surface area contributed by atoms with Gasteiger partial charge in [-0.1, -0.05) is 36.4 Å². The fraction of sp³-hybridized carbons (Fsp3) is 0.0667. The third kappa shape index (κ3) is 1.49. The van der Waals surface area contributed by atoms with E-state index in [1.165, 1.54) is 16.7 Å². The van der Waals surface area contributed by atoms with Crippen LogP contribution in [0, 0.1) is 0 Å². The fourth-order valence-corrected chi connectivity index (χ4v) is 2.37. The summed E-state index contributed by atoms with van der Waals surface area (Å²) >= 11 is 0. The molecular weight excluding hydrogens is 212 g/mol. The maximum atomic E-state index is 11.3. The molecule has 0 atom stereocenters. The number of Topliss-reactive ketones (excluding diaryl/α,β-unsaturated/α-hetero) is 1. The molecule has 0 radical (unpaired) electrons. The lowest BCUT2D eigenvalue weighted by Gasteiger charge is -2.01. The highest BCUT2D eigenvalue weighted by Crippen LogP contribution is 2.36. The molecule has 0 heterocycles. The molecule has 0 fully saturated rings. The summed E-state index contributed by atoms with van der Waals surface area (Å²) in [4.78, 5) is 21.8. The largest absolute Gasteiger partial charge is 0.294 e. The van der Waals surface area contributed by atoms with Crippen LogP contribution in [0.3, 0.4) is 0 Å². The van der Waals surface area contributed by atoms with E-state index >= 15 is 0 Å². The van der Waals surface area contributed by atoms with Crippen LogP contribution in [-0.2, 0) is 11.2 Å². The molecule has 0 saturated heterocycles. The van der Waals surface area contributed by atoms with Crippen LogP contribution in [0.2, 0.25) is 0 Å². The van der Waals surface area contributed by atoms with Gasteiger partial charge in [-0.15, -0.1) is 0 Å². The molecule has 0 amide bonds. The van der Waals surface area contributed by atoms with Gasteiger partial charge in [-0.2, -0.15) is 0 Å². The summed E-state index contributed by atoms with van der Waals surface area (Å²) in [5.41, 5.74) is 5.28. The molecule has 2 aromatic carbocycles. The van der Waals surface area contributed by atoms with Crippen molar-refractivity contribution in [3.8, 4) is 11.1 Å². The van der Waals surface area contributed by atoms with E-state index < -0.39 is 5.78 Å². The van der Waals surface area contributed by atoms with Crippen LogP contribution in [0.25, 0.3) is 11.1 Å². The van der Waals surface area contributed by atoms with E-state index in [4.69, 9.17) is 0 Å². The number of carbonyl (C=O) groups excluding carboxylic acids is 2. The van der Waals surface area contributed by atoms with Gasteiger partial charge in [-0.3, -0.25) is 9.59 Å². The van der Waals surface area contributed by atoms with Crippen LogP contribution in [0.4, 0.5) is 0 Å². The molecule has 0 saturated carbocycles. The molecule has 0 aliphatic heterocycles. The molecule has 1 aliphatic carbocycles. The smallest absolute Gasteiger partial charge is 0.225 e. The maximum absolute atomic E-state index is 11.3. The third-order valence-electron chi connectivity index (χ3n) is 3.19. The second-order valence-corrected chi connectivity index (χ2v) is 4.19. The second-order valence-electron chi connectivity index (χ2n) is 4.19. The molecule has 82 valence electrons. The predicted molar refractivity (Wildman–Crippen MR) is 65.1 cm³/mol. The third-order valence-corrected chi connectivity index (χ3v) is 3.19. The molecular formula is C15H10O2.